The van der Waals surface area contributed by atoms with Crippen molar-refractivity contribution in [1.29, 1.82) is 0 Å². The second kappa shape index (κ2) is 11.0. The molecule has 2 fully saturated rings. The molecule has 3 unspecified atom stereocenters. The molecule has 0 spiro atoms. The first kappa shape index (κ1) is 28.1. The number of carbonyl (C=O) groups excluding carboxylic acids is 3. The molecule has 0 radical (unpaired) electrons. The number of amides is 3. The average molecular weight is 529 g/mol. The van der Waals surface area contributed by atoms with Crippen LogP contribution in [-0.4, -0.2) is 70.6 Å². The molecule has 3 N–H and O–H groups in total. The predicted molar refractivity (Wildman–Crippen MR) is 144 cm³/mol. The number of halogens is 1. The van der Waals surface area contributed by atoms with Crippen molar-refractivity contribution in [3.8, 4) is 0 Å². The molecule has 1 aromatic carbocycles. The maximum atomic E-state index is 15.1. The number of fused-ring (bicyclic) bond motifs is 2. The van der Waals surface area contributed by atoms with E-state index in [4.69, 9.17) is 10.5 Å². The molecule has 0 aromatic heterocycles. The molecule has 2 heterocycles. The highest BCUT2D eigenvalue weighted by atomic mass is 19.1. The number of primary amides is 1. The van der Waals surface area contributed by atoms with E-state index in [0.29, 0.717) is 11.6 Å². The summed E-state index contributed by atoms with van der Waals surface area (Å²) in [4.78, 5) is 42.4. The van der Waals surface area contributed by atoms with Crippen molar-refractivity contribution in [2.75, 3.05) is 13.1 Å². The van der Waals surface area contributed by atoms with Gasteiger partial charge in [-0.15, -0.1) is 0 Å². The number of likely N-dealkylation sites (tertiary alicyclic amines) is 1. The highest BCUT2D eigenvalue weighted by Crippen LogP contribution is 2.43. The molecular formula is C29H41FN4O4. The normalized spacial score (nSPS) is 24.3. The number of nitrogens with zero attached hydrogens (tertiary/aromatic N) is 2. The van der Waals surface area contributed by atoms with Gasteiger partial charge in [-0.05, 0) is 89.0 Å². The van der Waals surface area contributed by atoms with Crippen LogP contribution in [0.25, 0.3) is 5.57 Å². The summed E-state index contributed by atoms with van der Waals surface area (Å²) in [6.45, 7) is 11.4. The Kier molecular flexibility index (Phi) is 8.16. The first-order valence-electron chi connectivity index (χ1n) is 13.7. The van der Waals surface area contributed by atoms with E-state index in [9.17, 15) is 14.4 Å². The van der Waals surface area contributed by atoms with Gasteiger partial charge in [-0.2, -0.15) is 0 Å². The van der Waals surface area contributed by atoms with E-state index in [1.165, 1.54) is 11.0 Å². The minimum absolute atomic E-state index is 0.00699. The number of carbonyl (C=O) groups is 3. The summed E-state index contributed by atoms with van der Waals surface area (Å²) in [6.07, 6.45) is 4.74. The first-order valence-corrected chi connectivity index (χ1v) is 13.7. The van der Waals surface area contributed by atoms with Crippen LogP contribution in [0.1, 0.15) is 71.4 Å². The quantitative estimate of drug-likeness (QED) is 0.563. The minimum atomic E-state index is -1.10. The smallest absolute Gasteiger partial charge is 0.411 e. The lowest BCUT2D eigenvalue weighted by Crippen LogP contribution is -2.57. The molecule has 1 aliphatic carbocycles. The molecule has 9 heteroatoms. The summed E-state index contributed by atoms with van der Waals surface area (Å²) < 4.78 is 20.7. The van der Waals surface area contributed by atoms with Crippen molar-refractivity contribution in [2.24, 2.45) is 11.7 Å². The number of hydrogen-bond donors (Lipinski definition) is 2. The Morgan fingerprint density at radius 3 is 2.53 bits per heavy atom. The SMILES string of the molecule is CC(C)N1CC=C(c2ccc(C[C@H](NC(=O)C3C4CCC(C4)N3C(=O)OC(C)(C)C)C(N)=O)c(F)c2)CC1. The Hall–Kier alpha value is -2.94. The predicted octanol–water partition coefficient (Wildman–Crippen LogP) is 3.62. The number of nitrogens with two attached hydrogens (primary N) is 1. The molecule has 1 saturated heterocycles. The van der Waals surface area contributed by atoms with E-state index in [2.05, 4.69) is 30.1 Å². The number of ether oxygens (including phenoxy) is 1. The van der Waals surface area contributed by atoms with Gasteiger partial charge in [0.05, 0.1) is 0 Å². The number of benzene rings is 1. The van der Waals surface area contributed by atoms with Crippen molar-refractivity contribution >= 4 is 23.5 Å². The lowest BCUT2D eigenvalue weighted by Gasteiger charge is -2.36. The summed E-state index contributed by atoms with van der Waals surface area (Å²) >= 11 is 0. The van der Waals surface area contributed by atoms with E-state index in [1.54, 1.807) is 26.8 Å². The highest BCUT2D eigenvalue weighted by Gasteiger charge is 2.52. The lowest BCUT2D eigenvalue weighted by atomic mass is 9.95. The molecule has 4 rings (SSSR count). The molecule has 3 aliphatic rings. The standard InChI is InChI=1S/C29H41FN4O4/c1-17(2)33-12-10-18(11-13-33)19-6-7-20(23(30)15-19)16-24(26(31)35)32-27(36)25-21-8-9-22(14-21)34(25)28(37)38-29(3,4)5/h6-7,10,15,17,21-22,24-25H,8-9,11-14,16H2,1-5H3,(H2,31,35)(H,32,36)/t21?,22?,24-,25?/m0/s1. The van der Waals surface area contributed by atoms with Gasteiger partial charge in [0.2, 0.25) is 11.8 Å². The highest BCUT2D eigenvalue weighted by molar-refractivity contribution is 5.91. The van der Waals surface area contributed by atoms with Crippen molar-refractivity contribution in [2.45, 2.75) is 96.5 Å². The zero-order chi connectivity index (χ0) is 27.8. The molecule has 2 bridgehead atoms. The molecule has 2 aliphatic heterocycles. The minimum Gasteiger partial charge on any atom is -0.444 e. The van der Waals surface area contributed by atoms with Gasteiger partial charge in [0, 0.05) is 31.6 Å². The van der Waals surface area contributed by atoms with Crippen LogP contribution < -0.4 is 11.1 Å². The lowest BCUT2D eigenvalue weighted by molar-refractivity contribution is -0.132. The Bertz CT molecular complexity index is 1110. The van der Waals surface area contributed by atoms with Crippen LogP contribution in [-0.2, 0) is 20.7 Å². The van der Waals surface area contributed by atoms with Crippen LogP contribution in [0.3, 0.4) is 0 Å². The van der Waals surface area contributed by atoms with Crippen LogP contribution in [0.4, 0.5) is 9.18 Å². The molecule has 208 valence electrons. The van der Waals surface area contributed by atoms with Gasteiger partial charge in [-0.1, -0.05) is 18.2 Å². The molecule has 38 heavy (non-hydrogen) atoms. The molecule has 4 atom stereocenters. The summed E-state index contributed by atoms with van der Waals surface area (Å²) in [5.74, 6) is -1.65. The fourth-order valence-corrected chi connectivity index (χ4v) is 5.93. The van der Waals surface area contributed by atoms with Gasteiger partial charge in [0.25, 0.3) is 0 Å². The molecule has 8 nitrogen and oxygen atoms in total. The van der Waals surface area contributed by atoms with E-state index in [1.807, 2.05) is 6.07 Å². The topological polar surface area (TPSA) is 105 Å². The van der Waals surface area contributed by atoms with Gasteiger partial charge in [0.1, 0.15) is 23.5 Å². The van der Waals surface area contributed by atoms with Crippen LogP contribution in [0.5, 0.6) is 0 Å². The summed E-state index contributed by atoms with van der Waals surface area (Å²) in [7, 11) is 0. The average Bonchev–Trinajstić information content (AvgIpc) is 3.45. The summed E-state index contributed by atoms with van der Waals surface area (Å²) in [5.41, 5.74) is 7.16. The second-order valence-corrected chi connectivity index (χ2v) is 12.1. The Morgan fingerprint density at radius 1 is 1.21 bits per heavy atom. The third kappa shape index (κ3) is 6.20. The third-order valence-corrected chi connectivity index (χ3v) is 7.94. The number of piperidine rings is 1. The van der Waals surface area contributed by atoms with Crippen molar-refractivity contribution in [3.05, 3.63) is 41.2 Å². The number of nitrogens with one attached hydrogen (secondary N) is 1. The van der Waals surface area contributed by atoms with E-state index < -0.39 is 41.4 Å². The first-order chi connectivity index (χ1) is 17.8. The summed E-state index contributed by atoms with van der Waals surface area (Å²) in [6, 6.07) is 3.57. The summed E-state index contributed by atoms with van der Waals surface area (Å²) in [5, 5.41) is 2.71. The van der Waals surface area contributed by atoms with Crippen LogP contribution in [0, 0.1) is 11.7 Å². The van der Waals surface area contributed by atoms with Crippen molar-refractivity contribution in [3.63, 3.8) is 0 Å². The van der Waals surface area contributed by atoms with Gasteiger partial charge < -0.3 is 15.8 Å². The van der Waals surface area contributed by atoms with Gasteiger partial charge in [0.15, 0.2) is 0 Å². The molecule has 1 saturated carbocycles. The third-order valence-electron chi connectivity index (χ3n) is 7.94. The van der Waals surface area contributed by atoms with Crippen LogP contribution in [0.2, 0.25) is 0 Å². The number of rotatable bonds is 7. The van der Waals surface area contributed by atoms with E-state index in [-0.39, 0.29) is 18.4 Å². The Morgan fingerprint density at radius 2 is 1.95 bits per heavy atom. The van der Waals surface area contributed by atoms with Gasteiger partial charge in [-0.3, -0.25) is 19.4 Å². The van der Waals surface area contributed by atoms with Gasteiger partial charge >= 0.3 is 6.09 Å². The van der Waals surface area contributed by atoms with E-state index in [0.717, 1.165) is 49.9 Å². The van der Waals surface area contributed by atoms with Crippen molar-refractivity contribution in [1.82, 2.24) is 15.1 Å². The Balaban J connectivity index is 1.45. The molecule has 3 amide bonds. The second-order valence-electron chi connectivity index (χ2n) is 12.1. The zero-order valence-electron chi connectivity index (χ0n) is 23.1. The molecular weight excluding hydrogens is 487 g/mol. The maximum Gasteiger partial charge on any atom is 0.411 e. The van der Waals surface area contributed by atoms with Gasteiger partial charge in [-0.25, -0.2) is 9.18 Å². The monoisotopic (exact) mass is 528 g/mol. The fourth-order valence-electron chi connectivity index (χ4n) is 5.93. The largest absolute Gasteiger partial charge is 0.444 e. The van der Waals surface area contributed by atoms with Crippen LogP contribution in [0.15, 0.2) is 24.3 Å². The molecule has 1 aromatic rings. The van der Waals surface area contributed by atoms with E-state index >= 15 is 4.39 Å². The zero-order valence-corrected chi connectivity index (χ0v) is 23.1. The van der Waals surface area contributed by atoms with Crippen molar-refractivity contribution < 1.29 is 23.5 Å². The fraction of sp³-hybridized carbons (Fsp3) is 0.621. The number of hydrogen-bond acceptors (Lipinski definition) is 5. The van der Waals surface area contributed by atoms with Crippen LogP contribution >= 0.6 is 0 Å². The maximum absolute atomic E-state index is 15.1. The Labute approximate surface area is 224 Å².